The lowest BCUT2D eigenvalue weighted by atomic mass is 10.1. The van der Waals surface area contributed by atoms with Gasteiger partial charge < -0.3 is 4.74 Å². The van der Waals surface area contributed by atoms with Crippen molar-refractivity contribution in [1.82, 2.24) is 0 Å². The van der Waals surface area contributed by atoms with Gasteiger partial charge in [-0.3, -0.25) is 0 Å². The van der Waals surface area contributed by atoms with E-state index < -0.39 is 64.4 Å². The molecule has 122 valence electrons. The zero-order valence-corrected chi connectivity index (χ0v) is 10.9. The van der Waals surface area contributed by atoms with Gasteiger partial charge in [0, 0.05) is 0 Å². The fraction of sp³-hybridized carbons (Fsp3) is 0.0714. The van der Waals surface area contributed by atoms with Crippen molar-refractivity contribution in [1.29, 1.82) is 0 Å². The van der Waals surface area contributed by atoms with Gasteiger partial charge in [-0.1, -0.05) is 6.07 Å². The average molecular weight is 338 g/mol. The first-order valence-corrected chi connectivity index (χ1v) is 5.87. The Balaban J connectivity index is 2.33. The molecule has 23 heavy (non-hydrogen) atoms. The van der Waals surface area contributed by atoms with Crippen LogP contribution in [0.4, 0.5) is 30.7 Å². The molecule has 0 aliphatic rings. The number of esters is 1. The zero-order chi connectivity index (χ0) is 17.3. The highest BCUT2D eigenvalue weighted by atomic mass is 19.2. The Labute approximate surface area is 124 Å². The highest BCUT2D eigenvalue weighted by Gasteiger charge is 2.30. The Morgan fingerprint density at radius 2 is 1.22 bits per heavy atom. The van der Waals surface area contributed by atoms with E-state index in [1.54, 1.807) is 0 Å². The molecular formula is C14H5F7O2. The number of rotatable bonds is 3. The predicted molar refractivity (Wildman–Crippen MR) is 61.7 cm³/mol. The van der Waals surface area contributed by atoms with Gasteiger partial charge in [0.15, 0.2) is 23.3 Å². The van der Waals surface area contributed by atoms with Crippen LogP contribution in [-0.4, -0.2) is 5.97 Å². The molecule has 2 aromatic carbocycles. The third-order valence-corrected chi connectivity index (χ3v) is 2.82. The molecule has 0 radical (unpaired) electrons. The summed E-state index contributed by atoms with van der Waals surface area (Å²) < 4.78 is 96.3. The van der Waals surface area contributed by atoms with Crippen molar-refractivity contribution in [3.8, 4) is 0 Å². The largest absolute Gasteiger partial charge is 0.457 e. The van der Waals surface area contributed by atoms with Crippen molar-refractivity contribution in [2.45, 2.75) is 6.61 Å². The summed E-state index contributed by atoms with van der Waals surface area (Å²) in [7, 11) is 0. The van der Waals surface area contributed by atoms with Crippen LogP contribution in [0.5, 0.6) is 0 Å². The van der Waals surface area contributed by atoms with Crippen LogP contribution in [-0.2, 0) is 11.3 Å². The highest BCUT2D eigenvalue weighted by molar-refractivity contribution is 5.90. The summed E-state index contributed by atoms with van der Waals surface area (Å²) in [5.41, 5.74) is -2.59. The van der Waals surface area contributed by atoms with Gasteiger partial charge in [-0.05, 0) is 12.1 Å². The molecule has 0 amide bonds. The van der Waals surface area contributed by atoms with Gasteiger partial charge in [-0.25, -0.2) is 35.5 Å². The predicted octanol–water partition coefficient (Wildman–Crippen LogP) is 4.02. The van der Waals surface area contributed by atoms with E-state index in [1.807, 2.05) is 0 Å². The number of carbonyl (C=O) groups is 1. The van der Waals surface area contributed by atoms with Gasteiger partial charge >= 0.3 is 5.97 Å². The molecule has 0 saturated carbocycles. The van der Waals surface area contributed by atoms with E-state index in [9.17, 15) is 35.5 Å². The van der Waals surface area contributed by atoms with E-state index in [0.29, 0.717) is 0 Å². The molecule has 0 fully saturated rings. The van der Waals surface area contributed by atoms with Crippen molar-refractivity contribution in [2.75, 3.05) is 0 Å². The van der Waals surface area contributed by atoms with Crippen LogP contribution in [0.2, 0.25) is 0 Å². The second-order valence-corrected chi connectivity index (χ2v) is 4.22. The fourth-order valence-corrected chi connectivity index (χ4v) is 1.66. The van der Waals surface area contributed by atoms with E-state index in [2.05, 4.69) is 4.74 Å². The van der Waals surface area contributed by atoms with E-state index >= 15 is 0 Å². The first kappa shape index (κ1) is 16.8. The molecule has 0 saturated heterocycles. The molecule has 0 aliphatic heterocycles. The van der Waals surface area contributed by atoms with Gasteiger partial charge in [-0.15, -0.1) is 0 Å². The molecule has 9 heteroatoms. The van der Waals surface area contributed by atoms with Gasteiger partial charge in [-0.2, -0.15) is 0 Å². The van der Waals surface area contributed by atoms with Crippen LogP contribution >= 0.6 is 0 Å². The second-order valence-electron chi connectivity index (χ2n) is 4.22. The third kappa shape index (κ3) is 2.99. The lowest BCUT2D eigenvalue weighted by Gasteiger charge is -2.09. The molecule has 0 bridgehead atoms. The molecule has 0 aromatic heterocycles. The molecular weight excluding hydrogens is 333 g/mol. The van der Waals surface area contributed by atoms with Crippen molar-refractivity contribution in [3.63, 3.8) is 0 Å². The molecule has 0 atom stereocenters. The van der Waals surface area contributed by atoms with Crippen LogP contribution in [0.3, 0.4) is 0 Å². The molecule has 0 N–H and O–H groups in total. The third-order valence-electron chi connectivity index (χ3n) is 2.82. The lowest BCUT2D eigenvalue weighted by molar-refractivity contribution is 0.0450. The van der Waals surface area contributed by atoms with E-state index in [0.717, 1.165) is 18.2 Å². The molecule has 0 heterocycles. The molecule has 2 nitrogen and oxygen atoms in total. The van der Waals surface area contributed by atoms with Crippen molar-refractivity contribution < 1.29 is 40.3 Å². The highest BCUT2D eigenvalue weighted by Crippen LogP contribution is 2.24. The van der Waals surface area contributed by atoms with Gasteiger partial charge in [0.1, 0.15) is 23.8 Å². The van der Waals surface area contributed by atoms with Gasteiger partial charge in [0.05, 0.1) is 5.56 Å². The number of ether oxygens (including phenoxy) is 1. The van der Waals surface area contributed by atoms with E-state index in [-0.39, 0.29) is 0 Å². The maximum absolute atomic E-state index is 13.4. The van der Waals surface area contributed by atoms with Gasteiger partial charge in [0.2, 0.25) is 5.82 Å². The van der Waals surface area contributed by atoms with Crippen LogP contribution in [0.25, 0.3) is 0 Å². The van der Waals surface area contributed by atoms with Crippen molar-refractivity contribution in [3.05, 3.63) is 70.0 Å². The quantitative estimate of drug-likeness (QED) is 0.366. The smallest absolute Gasteiger partial charge is 0.344 e. The standard InChI is InChI=1S/C14H5F7O2/c15-6-2-1-3-7(16)5(6)4-23-14(22)8-9(17)11(19)13(21)12(20)10(8)18/h1-3H,4H2. The summed E-state index contributed by atoms with van der Waals surface area (Å²) in [4.78, 5) is 11.5. The number of hydrogen-bond donors (Lipinski definition) is 0. The minimum atomic E-state index is -2.45. The van der Waals surface area contributed by atoms with E-state index in [1.165, 1.54) is 0 Å². The molecule has 2 aromatic rings. The maximum Gasteiger partial charge on any atom is 0.344 e. The van der Waals surface area contributed by atoms with Crippen molar-refractivity contribution >= 4 is 5.97 Å². The molecule has 0 aliphatic carbocycles. The molecule has 2 rings (SSSR count). The number of hydrogen-bond acceptors (Lipinski definition) is 2. The normalized spacial score (nSPS) is 10.7. The SMILES string of the molecule is O=C(OCc1c(F)cccc1F)c1c(F)c(F)c(F)c(F)c1F. The average Bonchev–Trinajstić information content (AvgIpc) is 2.50. The Morgan fingerprint density at radius 1 is 0.783 bits per heavy atom. The lowest BCUT2D eigenvalue weighted by Crippen LogP contribution is -2.15. The van der Waals surface area contributed by atoms with Crippen LogP contribution in [0.15, 0.2) is 18.2 Å². The molecule has 0 spiro atoms. The summed E-state index contributed by atoms with van der Waals surface area (Å²) in [6.45, 7) is -1.10. The van der Waals surface area contributed by atoms with Crippen LogP contribution < -0.4 is 0 Å². The number of carbonyl (C=O) groups excluding carboxylic acids is 1. The Morgan fingerprint density at radius 3 is 1.70 bits per heavy atom. The van der Waals surface area contributed by atoms with Gasteiger partial charge in [0.25, 0.3) is 0 Å². The topological polar surface area (TPSA) is 26.3 Å². The first-order valence-electron chi connectivity index (χ1n) is 5.87. The first-order chi connectivity index (χ1) is 10.8. The molecule has 0 unspecified atom stereocenters. The number of benzene rings is 2. The summed E-state index contributed by atoms with van der Waals surface area (Å²) in [5, 5.41) is 0. The Hall–Kier alpha value is -2.58. The van der Waals surface area contributed by atoms with Crippen LogP contribution in [0, 0.1) is 40.7 Å². The summed E-state index contributed by atoms with van der Waals surface area (Å²) >= 11 is 0. The zero-order valence-electron chi connectivity index (χ0n) is 10.9. The van der Waals surface area contributed by atoms with Crippen molar-refractivity contribution in [2.24, 2.45) is 0 Å². The second kappa shape index (κ2) is 6.27. The maximum atomic E-state index is 13.4. The minimum absolute atomic E-state index is 0.746. The van der Waals surface area contributed by atoms with Crippen LogP contribution in [0.1, 0.15) is 15.9 Å². The van der Waals surface area contributed by atoms with E-state index in [4.69, 9.17) is 0 Å². The Bertz CT molecular complexity index is 740. The summed E-state index contributed by atoms with van der Waals surface area (Å²) in [6, 6.07) is 2.66. The fourth-order valence-electron chi connectivity index (χ4n) is 1.66. The Kier molecular flexibility index (Phi) is 4.57. The monoisotopic (exact) mass is 338 g/mol. The summed E-state index contributed by atoms with van der Waals surface area (Å²) in [6.07, 6.45) is 0. The number of halogens is 7. The summed E-state index contributed by atoms with van der Waals surface area (Å²) in [5.74, 6) is -16.1. The minimum Gasteiger partial charge on any atom is -0.457 e.